The van der Waals surface area contributed by atoms with Crippen molar-refractivity contribution in [1.82, 2.24) is 5.32 Å². The number of nitrogens with one attached hydrogen (secondary N) is 1. The third-order valence-corrected chi connectivity index (χ3v) is 4.59. The second kappa shape index (κ2) is 6.82. The van der Waals surface area contributed by atoms with Gasteiger partial charge in [-0.1, -0.05) is 12.1 Å². The van der Waals surface area contributed by atoms with Crippen LogP contribution in [0.15, 0.2) is 47.4 Å². The predicted molar refractivity (Wildman–Crippen MR) is 76.7 cm³/mol. The minimum Gasteiger partial charge on any atom is -0.351 e. The summed E-state index contributed by atoms with van der Waals surface area (Å²) in [5.41, 5.74) is 0.588. The fourth-order valence-corrected chi connectivity index (χ4v) is 2.95. The van der Waals surface area contributed by atoms with Crippen LogP contribution < -0.4 is 5.32 Å². The third-order valence-electron chi connectivity index (χ3n) is 2.97. The fourth-order valence-electron chi connectivity index (χ4n) is 1.78. The molecule has 0 unspecified atom stereocenters. The number of carbonyl (C=O) groups is 1. The molecule has 4 nitrogen and oxygen atoms in total. The second-order valence-corrected chi connectivity index (χ2v) is 6.73. The lowest BCUT2D eigenvalue weighted by Crippen LogP contribution is -2.30. The van der Waals surface area contributed by atoms with Crippen molar-refractivity contribution >= 4 is 15.7 Å². The van der Waals surface area contributed by atoms with Gasteiger partial charge in [-0.3, -0.25) is 4.79 Å². The van der Waals surface area contributed by atoms with Gasteiger partial charge in [-0.25, -0.2) is 21.6 Å². The van der Waals surface area contributed by atoms with E-state index in [0.29, 0.717) is 17.7 Å². The summed E-state index contributed by atoms with van der Waals surface area (Å²) in [5.74, 6) is -4.62. The zero-order chi connectivity index (χ0) is 17.0. The normalized spacial score (nSPS) is 11.3. The molecule has 0 atom stereocenters. The molecule has 1 amide bonds. The smallest absolute Gasteiger partial charge is 0.235 e. The minimum atomic E-state index is -4.09. The van der Waals surface area contributed by atoms with Crippen molar-refractivity contribution in [3.63, 3.8) is 0 Å². The van der Waals surface area contributed by atoms with E-state index < -0.39 is 43.8 Å². The Morgan fingerprint density at radius 1 is 0.957 bits per heavy atom. The van der Waals surface area contributed by atoms with Gasteiger partial charge in [0.25, 0.3) is 0 Å². The molecule has 0 heterocycles. The monoisotopic (exact) mass is 343 g/mol. The molecule has 0 aliphatic rings. The van der Waals surface area contributed by atoms with Crippen LogP contribution in [0.4, 0.5) is 13.2 Å². The number of hydrogen-bond donors (Lipinski definition) is 1. The van der Waals surface area contributed by atoms with Crippen molar-refractivity contribution in [2.75, 3.05) is 5.75 Å². The van der Waals surface area contributed by atoms with Crippen LogP contribution in [0.25, 0.3) is 0 Å². The van der Waals surface area contributed by atoms with E-state index in [9.17, 15) is 26.4 Å². The number of rotatable bonds is 5. The number of halogens is 3. The van der Waals surface area contributed by atoms with Crippen LogP contribution in [0, 0.1) is 17.5 Å². The van der Waals surface area contributed by atoms with Crippen LogP contribution in [0.5, 0.6) is 0 Å². The van der Waals surface area contributed by atoms with E-state index in [1.165, 1.54) is 24.3 Å². The molecule has 0 spiro atoms. The Hall–Kier alpha value is -2.35. The first-order valence-electron chi connectivity index (χ1n) is 6.47. The molecule has 122 valence electrons. The molecule has 0 radical (unpaired) electrons. The van der Waals surface area contributed by atoms with E-state index in [0.717, 1.165) is 6.07 Å². The summed E-state index contributed by atoms with van der Waals surface area (Å²) in [7, 11) is -4.09. The molecule has 0 fully saturated rings. The van der Waals surface area contributed by atoms with Gasteiger partial charge in [-0.15, -0.1) is 0 Å². The third kappa shape index (κ3) is 4.56. The number of carbonyl (C=O) groups excluding carboxylic acids is 1. The van der Waals surface area contributed by atoms with Gasteiger partial charge in [0, 0.05) is 6.54 Å². The van der Waals surface area contributed by atoms with Crippen molar-refractivity contribution in [2.24, 2.45) is 0 Å². The van der Waals surface area contributed by atoms with Crippen LogP contribution in [0.3, 0.4) is 0 Å². The van der Waals surface area contributed by atoms with E-state index in [1.54, 1.807) is 0 Å². The van der Waals surface area contributed by atoms with Crippen LogP contribution in [0.1, 0.15) is 5.56 Å². The summed E-state index contributed by atoms with van der Waals surface area (Å²) < 4.78 is 62.5. The van der Waals surface area contributed by atoms with Crippen molar-refractivity contribution in [2.45, 2.75) is 11.4 Å². The molecule has 2 aromatic rings. The van der Waals surface area contributed by atoms with Crippen molar-refractivity contribution < 1.29 is 26.4 Å². The molecule has 0 aliphatic carbocycles. The van der Waals surface area contributed by atoms with Gasteiger partial charge >= 0.3 is 0 Å². The predicted octanol–water partition coefficient (Wildman–Crippen LogP) is 2.19. The van der Waals surface area contributed by atoms with Crippen LogP contribution >= 0.6 is 0 Å². The highest BCUT2D eigenvalue weighted by molar-refractivity contribution is 7.92. The van der Waals surface area contributed by atoms with Gasteiger partial charge in [0.2, 0.25) is 5.91 Å². The Labute approximate surface area is 130 Å². The van der Waals surface area contributed by atoms with Crippen LogP contribution in [0.2, 0.25) is 0 Å². The minimum absolute atomic E-state index is 0.0203. The Bertz CT molecular complexity index is 820. The first-order valence-corrected chi connectivity index (χ1v) is 8.12. The first kappa shape index (κ1) is 17.0. The number of hydrogen-bond acceptors (Lipinski definition) is 3. The summed E-state index contributed by atoms with van der Waals surface area (Å²) in [6.07, 6.45) is 0. The fraction of sp³-hybridized carbons (Fsp3) is 0.133. The Morgan fingerprint density at radius 3 is 2.22 bits per heavy atom. The molecule has 23 heavy (non-hydrogen) atoms. The number of sulfone groups is 1. The molecular weight excluding hydrogens is 331 g/mol. The maximum absolute atomic E-state index is 13.1. The second-order valence-electron chi connectivity index (χ2n) is 4.74. The molecule has 2 rings (SSSR count). The Morgan fingerprint density at radius 2 is 1.61 bits per heavy atom. The van der Waals surface area contributed by atoms with E-state index >= 15 is 0 Å². The average Bonchev–Trinajstić information content (AvgIpc) is 2.49. The van der Waals surface area contributed by atoms with Gasteiger partial charge in [0.15, 0.2) is 21.5 Å². The molecular formula is C15H12F3NO3S. The molecule has 2 aromatic carbocycles. The first-order chi connectivity index (χ1) is 10.8. The molecule has 1 N–H and O–H groups in total. The van der Waals surface area contributed by atoms with Gasteiger partial charge in [0.05, 0.1) is 4.90 Å². The zero-order valence-electron chi connectivity index (χ0n) is 11.7. The average molecular weight is 343 g/mol. The van der Waals surface area contributed by atoms with Crippen LogP contribution in [-0.4, -0.2) is 20.1 Å². The van der Waals surface area contributed by atoms with Crippen molar-refractivity contribution in [3.05, 3.63) is 65.5 Å². The van der Waals surface area contributed by atoms with E-state index in [4.69, 9.17) is 0 Å². The molecule has 0 aromatic heterocycles. The largest absolute Gasteiger partial charge is 0.351 e. The molecule has 0 bridgehead atoms. The van der Waals surface area contributed by atoms with Gasteiger partial charge < -0.3 is 5.32 Å². The highest BCUT2D eigenvalue weighted by atomic mass is 32.2. The van der Waals surface area contributed by atoms with E-state index in [1.807, 2.05) is 0 Å². The zero-order valence-corrected chi connectivity index (χ0v) is 12.5. The highest BCUT2D eigenvalue weighted by Crippen LogP contribution is 2.15. The Kier molecular flexibility index (Phi) is 5.05. The highest BCUT2D eigenvalue weighted by Gasteiger charge is 2.20. The number of benzene rings is 2. The van der Waals surface area contributed by atoms with Crippen LogP contribution in [-0.2, 0) is 21.2 Å². The summed E-state index contributed by atoms with van der Waals surface area (Å²) in [4.78, 5) is 11.2. The quantitative estimate of drug-likeness (QED) is 0.847. The van der Waals surface area contributed by atoms with Gasteiger partial charge in [-0.2, -0.15) is 0 Å². The molecule has 0 saturated carbocycles. The summed E-state index contributed by atoms with van der Waals surface area (Å²) in [6.45, 7) is 0.0203. The number of amides is 1. The van der Waals surface area contributed by atoms with Gasteiger partial charge in [0.1, 0.15) is 11.6 Å². The SMILES string of the molecule is O=C(CS(=O)(=O)c1ccc(F)c(F)c1)NCc1ccc(F)cc1. The topological polar surface area (TPSA) is 63.2 Å². The van der Waals surface area contributed by atoms with Gasteiger partial charge in [-0.05, 0) is 35.9 Å². The maximum Gasteiger partial charge on any atom is 0.235 e. The maximum atomic E-state index is 13.1. The summed E-state index contributed by atoms with van der Waals surface area (Å²) in [5, 5.41) is 2.36. The molecule has 0 aliphatic heterocycles. The lowest BCUT2D eigenvalue weighted by atomic mass is 10.2. The standard InChI is InChI=1S/C15H12F3NO3S/c16-11-3-1-10(2-4-11)8-19-15(20)9-23(21,22)12-5-6-13(17)14(18)7-12/h1-7H,8-9H2,(H,19,20). The van der Waals surface area contributed by atoms with E-state index in [2.05, 4.69) is 5.32 Å². The van der Waals surface area contributed by atoms with Crippen molar-refractivity contribution in [1.29, 1.82) is 0 Å². The summed E-state index contributed by atoms with van der Waals surface area (Å²) in [6, 6.07) is 7.40. The summed E-state index contributed by atoms with van der Waals surface area (Å²) >= 11 is 0. The molecule has 8 heteroatoms. The lowest BCUT2D eigenvalue weighted by Gasteiger charge is -2.07. The van der Waals surface area contributed by atoms with E-state index in [-0.39, 0.29) is 6.54 Å². The lowest BCUT2D eigenvalue weighted by molar-refractivity contribution is -0.118. The van der Waals surface area contributed by atoms with Crippen molar-refractivity contribution in [3.8, 4) is 0 Å². The Balaban J connectivity index is 2.00. The molecule has 0 saturated heterocycles.